The van der Waals surface area contributed by atoms with Crippen LogP contribution in [0.4, 0.5) is 0 Å². The van der Waals surface area contributed by atoms with Gasteiger partial charge in [0.05, 0.1) is 12.2 Å². The fourth-order valence-corrected chi connectivity index (χ4v) is 3.35. The second-order valence-corrected chi connectivity index (χ2v) is 6.92. The van der Waals surface area contributed by atoms with Crippen molar-refractivity contribution in [3.05, 3.63) is 0 Å². The van der Waals surface area contributed by atoms with E-state index in [1.165, 1.54) is 4.31 Å². The van der Waals surface area contributed by atoms with E-state index in [1.54, 1.807) is 5.48 Å². The van der Waals surface area contributed by atoms with Crippen molar-refractivity contribution < 1.29 is 18.4 Å². The van der Waals surface area contributed by atoms with Gasteiger partial charge in [0.2, 0.25) is 15.9 Å². The highest BCUT2D eigenvalue weighted by Gasteiger charge is 2.51. The Balaban J connectivity index is 2.16. The lowest BCUT2D eigenvalue weighted by Gasteiger charge is -2.35. The molecule has 1 saturated heterocycles. The lowest BCUT2D eigenvalue weighted by atomic mass is 9.87. The van der Waals surface area contributed by atoms with Gasteiger partial charge in [-0.3, -0.25) is 10.0 Å². The molecule has 0 bridgehead atoms. The number of amides is 1. The molecule has 0 aromatic heterocycles. The molecule has 2 aliphatic rings. The first kappa shape index (κ1) is 11.8. The molecule has 1 atom stereocenters. The smallest absolute Gasteiger partial charge is 0.247 e. The van der Waals surface area contributed by atoms with Crippen LogP contribution in [0.2, 0.25) is 0 Å². The summed E-state index contributed by atoms with van der Waals surface area (Å²) in [6, 6.07) is 0. The lowest BCUT2D eigenvalue weighted by molar-refractivity contribution is -0.135. The van der Waals surface area contributed by atoms with Gasteiger partial charge >= 0.3 is 0 Å². The molecule has 7 heteroatoms. The van der Waals surface area contributed by atoms with Crippen molar-refractivity contribution in [2.24, 2.45) is 11.3 Å². The number of hydroxylamine groups is 1. The first-order valence-corrected chi connectivity index (χ1v) is 7.10. The zero-order chi connectivity index (χ0) is 12.0. The molecule has 1 spiro atoms. The molecule has 1 saturated carbocycles. The van der Waals surface area contributed by atoms with Gasteiger partial charge in [0.15, 0.2) is 0 Å². The Morgan fingerprint density at radius 2 is 2.12 bits per heavy atom. The van der Waals surface area contributed by atoms with Crippen molar-refractivity contribution >= 4 is 15.9 Å². The maximum absolute atomic E-state index is 11.5. The first-order chi connectivity index (χ1) is 7.36. The number of sulfonamides is 1. The molecule has 2 rings (SSSR count). The van der Waals surface area contributed by atoms with Crippen LogP contribution in [0, 0.1) is 11.3 Å². The SMILES string of the molecule is CS(=O)(=O)N1CC(C(=O)NO)CC2(CC2)C1. The van der Waals surface area contributed by atoms with Gasteiger partial charge < -0.3 is 0 Å². The standard InChI is InChI=1S/C9H16N2O4S/c1-16(14,15)11-5-7(8(12)10-13)4-9(6-11)2-3-9/h7,13H,2-6H2,1H3,(H,10,12). The summed E-state index contributed by atoms with van der Waals surface area (Å²) in [4.78, 5) is 11.4. The number of piperidine rings is 1. The third-order valence-electron chi connectivity index (χ3n) is 3.52. The summed E-state index contributed by atoms with van der Waals surface area (Å²) in [5.74, 6) is -0.921. The molecule has 16 heavy (non-hydrogen) atoms. The second kappa shape index (κ2) is 3.68. The topological polar surface area (TPSA) is 86.7 Å². The highest BCUT2D eigenvalue weighted by molar-refractivity contribution is 7.88. The summed E-state index contributed by atoms with van der Waals surface area (Å²) in [5.41, 5.74) is 1.60. The average Bonchev–Trinajstić information content (AvgIpc) is 2.94. The van der Waals surface area contributed by atoms with Crippen LogP contribution in [0.15, 0.2) is 0 Å². The third-order valence-corrected chi connectivity index (χ3v) is 4.74. The van der Waals surface area contributed by atoms with E-state index >= 15 is 0 Å². The Morgan fingerprint density at radius 1 is 1.50 bits per heavy atom. The number of rotatable bonds is 2. The van der Waals surface area contributed by atoms with Crippen molar-refractivity contribution in [1.82, 2.24) is 9.79 Å². The number of nitrogens with zero attached hydrogens (tertiary/aromatic N) is 1. The van der Waals surface area contributed by atoms with Crippen LogP contribution in [0.5, 0.6) is 0 Å². The van der Waals surface area contributed by atoms with Gasteiger partial charge in [0.25, 0.3) is 0 Å². The van der Waals surface area contributed by atoms with Crippen molar-refractivity contribution in [3.63, 3.8) is 0 Å². The fraction of sp³-hybridized carbons (Fsp3) is 0.889. The van der Waals surface area contributed by atoms with E-state index in [-0.39, 0.29) is 12.0 Å². The first-order valence-electron chi connectivity index (χ1n) is 5.25. The predicted molar refractivity (Wildman–Crippen MR) is 56.1 cm³/mol. The minimum Gasteiger partial charge on any atom is -0.289 e. The van der Waals surface area contributed by atoms with Gasteiger partial charge in [-0.25, -0.2) is 18.2 Å². The molecular weight excluding hydrogens is 232 g/mol. The molecule has 1 amide bonds. The predicted octanol–water partition coefficient (Wildman–Crippen LogP) is -0.446. The maximum Gasteiger partial charge on any atom is 0.247 e. The molecule has 0 radical (unpaired) electrons. The Bertz CT molecular complexity index is 402. The molecule has 2 fully saturated rings. The van der Waals surface area contributed by atoms with Gasteiger partial charge in [0.1, 0.15) is 0 Å². The average molecular weight is 248 g/mol. The normalized spacial score (nSPS) is 29.0. The zero-order valence-electron chi connectivity index (χ0n) is 9.14. The number of hydrogen-bond acceptors (Lipinski definition) is 4. The lowest BCUT2D eigenvalue weighted by Crippen LogP contribution is -2.48. The molecule has 1 aliphatic heterocycles. The highest BCUT2D eigenvalue weighted by atomic mass is 32.2. The molecule has 1 aliphatic carbocycles. The summed E-state index contributed by atoms with van der Waals surface area (Å²) in [7, 11) is -3.26. The molecule has 2 N–H and O–H groups in total. The van der Waals surface area contributed by atoms with E-state index < -0.39 is 21.8 Å². The summed E-state index contributed by atoms with van der Waals surface area (Å²) < 4.78 is 24.3. The van der Waals surface area contributed by atoms with Crippen LogP contribution in [0.25, 0.3) is 0 Å². The molecular formula is C9H16N2O4S. The number of carbonyl (C=O) groups is 1. The van der Waals surface area contributed by atoms with E-state index in [4.69, 9.17) is 5.21 Å². The summed E-state index contributed by atoms with van der Waals surface area (Å²) in [5, 5.41) is 8.60. The van der Waals surface area contributed by atoms with Crippen LogP contribution in [-0.4, -0.2) is 43.2 Å². The van der Waals surface area contributed by atoms with Crippen LogP contribution >= 0.6 is 0 Å². The molecule has 92 valence electrons. The minimum atomic E-state index is -3.26. The van der Waals surface area contributed by atoms with E-state index in [0.29, 0.717) is 13.0 Å². The fourth-order valence-electron chi connectivity index (χ4n) is 2.39. The monoisotopic (exact) mass is 248 g/mol. The number of hydrogen-bond donors (Lipinski definition) is 2. The minimum absolute atomic E-state index is 0.0154. The van der Waals surface area contributed by atoms with E-state index in [9.17, 15) is 13.2 Å². The van der Waals surface area contributed by atoms with Gasteiger partial charge in [-0.1, -0.05) is 0 Å². The summed E-state index contributed by atoms with van der Waals surface area (Å²) in [6.45, 7) is 0.689. The Hall–Kier alpha value is -0.660. The Kier molecular flexibility index (Phi) is 2.72. The summed E-state index contributed by atoms with van der Waals surface area (Å²) >= 11 is 0. The van der Waals surface area contributed by atoms with Crippen molar-refractivity contribution in [2.45, 2.75) is 19.3 Å². The van der Waals surface area contributed by atoms with E-state index in [1.807, 2.05) is 0 Å². The largest absolute Gasteiger partial charge is 0.289 e. The molecule has 1 heterocycles. The Morgan fingerprint density at radius 3 is 2.56 bits per heavy atom. The van der Waals surface area contributed by atoms with E-state index in [0.717, 1.165) is 19.1 Å². The summed E-state index contributed by atoms with van der Waals surface area (Å²) in [6.07, 6.45) is 3.76. The molecule has 0 aromatic carbocycles. The van der Waals surface area contributed by atoms with Gasteiger partial charge in [-0.05, 0) is 24.7 Å². The highest BCUT2D eigenvalue weighted by Crippen LogP contribution is 2.53. The molecule has 6 nitrogen and oxygen atoms in total. The number of nitrogens with one attached hydrogen (secondary N) is 1. The van der Waals surface area contributed by atoms with Crippen LogP contribution in [0.1, 0.15) is 19.3 Å². The molecule has 1 unspecified atom stereocenters. The van der Waals surface area contributed by atoms with Gasteiger partial charge in [0, 0.05) is 13.1 Å². The quantitative estimate of drug-likeness (QED) is 0.512. The van der Waals surface area contributed by atoms with Gasteiger partial charge in [-0.2, -0.15) is 0 Å². The Labute approximate surface area is 94.6 Å². The maximum atomic E-state index is 11.5. The number of carbonyl (C=O) groups excluding carboxylic acids is 1. The zero-order valence-corrected chi connectivity index (χ0v) is 9.96. The van der Waals surface area contributed by atoms with Crippen molar-refractivity contribution in [2.75, 3.05) is 19.3 Å². The molecule has 0 aromatic rings. The van der Waals surface area contributed by atoms with Gasteiger partial charge in [-0.15, -0.1) is 0 Å². The van der Waals surface area contributed by atoms with E-state index in [2.05, 4.69) is 0 Å². The van der Waals surface area contributed by atoms with Crippen molar-refractivity contribution in [3.8, 4) is 0 Å². The second-order valence-electron chi connectivity index (χ2n) is 4.93. The van der Waals surface area contributed by atoms with Crippen LogP contribution < -0.4 is 5.48 Å². The van der Waals surface area contributed by atoms with Crippen LogP contribution in [0.3, 0.4) is 0 Å². The van der Waals surface area contributed by atoms with Crippen molar-refractivity contribution in [1.29, 1.82) is 0 Å². The van der Waals surface area contributed by atoms with Crippen LogP contribution in [-0.2, 0) is 14.8 Å². The third kappa shape index (κ3) is 2.21.